The van der Waals surface area contributed by atoms with E-state index in [2.05, 4.69) is 21.2 Å². The van der Waals surface area contributed by atoms with Gasteiger partial charge >= 0.3 is 5.97 Å². The van der Waals surface area contributed by atoms with Crippen LogP contribution in [0.2, 0.25) is 0 Å². The zero-order chi connectivity index (χ0) is 15.3. The van der Waals surface area contributed by atoms with Crippen LogP contribution in [0, 0.1) is 11.7 Å². The number of benzene rings is 1. The number of carbonyl (C=O) groups excluding carboxylic acids is 1. The van der Waals surface area contributed by atoms with E-state index in [1.807, 2.05) is 0 Å². The normalized spacial score (nSPS) is 12.1. The number of aliphatic carboxylic acids is 1. The quantitative estimate of drug-likeness (QED) is 0.826. The van der Waals surface area contributed by atoms with Gasteiger partial charge in [0, 0.05) is 4.47 Å². The number of amides is 1. The highest BCUT2D eigenvalue weighted by Crippen LogP contribution is 2.21. The van der Waals surface area contributed by atoms with E-state index in [4.69, 9.17) is 9.84 Å². The molecule has 110 valence electrons. The fourth-order valence-electron chi connectivity index (χ4n) is 1.46. The number of hydrogen-bond donors (Lipinski definition) is 2. The summed E-state index contributed by atoms with van der Waals surface area (Å²) >= 11 is 3.10. The van der Waals surface area contributed by atoms with Gasteiger partial charge in [-0.15, -0.1) is 0 Å². The SMILES string of the molecule is CC(C)[C@H](NC(=O)COc1ccc(Br)cc1F)C(=O)O. The third-order valence-corrected chi connectivity index (χ3v) is 3.00. The van der Waals surface area contributed by atoms with Crippen molar-refractivity contribution in [1.29, 1.82) is 0 Å². The van der Waals surface area contributed by atoms with Gasteiger partial charge in [0.05, 0.1) is 0 Å². The van der Waals surface area contributed by atoms with Crippen LogP contribution >= 0.6 is 15.9 Å². The van der Waals surface area contributed by atoms with Crippen molar-refractivity contribution in [3.05, 3.63) is 28.5 Å². The van der Waals surface area contributed by atoms with Crippen molar-refractivity contribution in [2.45, 2.75) is 19.9 Å². The summed E-state index contributed by atoms with van der Waals surface area (Å²) in [7, 11) is 0. The Bertz CT molecular complexity index is 507. The van der Waals surface area contributed by atoms with Crippen molar-refractivity contribution in [1.82, 2.24) is 5.32 Å². The van der Waals surface area contributed by atoms with Crippen molar-refractivity contribution < 1.29 is 23.8 Å². The maximum atomic E-state index is 13.4. The molecule has 1 rings (SSSR count). The number of hydrogen-bond acceptors (Lipinski definition) is 3. The largest absolute Gasteiger partial charge is 0.481 e. The topological polar surface area (TPSA) is 75.6 Å². The molecule has 0 aliphatic rings. The number of rotatable bonds is 6. The highest BCUT2D eigenvalue weighted by Gasteiger charge is 2.23. The molecule has 0 heterocycles. The van der Waals surface area contributed by atoms with Crippen molar-refractivity contribution >= 4 is 27.8 Å². The van der Waals surface area contributed by atoms with Crippen LogP contribution in [0.15, 0.2) is 22.7 Å². The number of carbonyl (C=O) groups is 2. The van der Waals surface area contributed by atoms with Crippen molar-refractivity contribution in [2.24, 2.45) is 5.92 Å². The Morgan fingerprint density at radius 1 is 1.45 bits per heavy atom. The van der Waals surface area contributed by atoms with Crippen LogP contribution < -0.4 is 10.1 Å². The molecule has 1 aromatic rings. The summed E-state index contributed by atoms with van der Waals surface area (Å²) in [5.74, 6) is -2.68. The van der Waals surface area contributed by atoms with Gasteiger partial charge in [0.25, 0.3) is 5.91 Å². The molecule has 1 atom stereocenters. The molecule has 0 spiro atoms. The summed E-state index contributed by atoms with van der Waals surface area (Å²) in [5, 5.41) is 11.3. The van der Waals surface area contributed by atoms with Crippen molar-refractivity contribution in [3.8, 4) is 5.75 Å². The molecule has 0 bridgehead atoms. The van der Waals surface area contributed by atoms with Crippen LogP contribution in [0.4, 0.5) is 4.39 Å². The van der Waals surface area contributed by atoms with Gasteiger partial charge in [-0.2, -0.15) is 0 Å². The molecular formula is C13H15BrFNO4. The average molecular weight is 348 g/mol. The van der Waals surface area contributed by atoms with E-state index in [0.717, 1.165) is 0 Å². The molecule has 0 radical (unpaired) electrons. The lowest BCUT2D eigenvalue weighted by molar-refractivity contribution is -0.143. The molecule has 0 unspecified atom stereocenters. The third-order valence-electron chi connectivity index (χ3n) is 2.50. The van der Waals surface area contributed by atoms with Gasteiger partial charge in [0.1, 0.15) is 6.04 Å². The van der Waals surface area contributed by atoms with E-state index >= 15 is 0 Å². The molecule has 20 heavy (non-hydrogen) atoms. The van der Waals surface area contributed by atoms with Crippen LogP contribution in [0.5, 0.6) is 5.75 Å². The summed E-state index contributed by atoms with van der Waals surface area (Å²) in [6.07, 6.45) is 0. The van der Waals surface area contributed by atoms with Gasteiger partial charge in [0.15, 0.2) is 18.2 Å². The molecule has 0 aliphatic carbocycles. The Balaban J connectivity index is 2.57. The molecule has 0 aliphatic heterocycles. The smallest absolute Gasteiger partial charge is 0.326 e. The van der Waals surface area contributed by atoms with E-state index in [0.29, 0.717) is 4.47 Å². The second-order valence-corrected chi connectivity index (χ2v) is 5.41. The lowest BCUT2D eigenvalue weighted by Gasteiger charge is -2.18. The van der Waals surface area contributed by atoms with Gasteiger partial charge in [-0.25, -0.2) is 9.18 Å². The Labute approximate surface area is 124 Å². The van der Waals surface area contributed by atoms with Crippen LogP contribution in [0.1, 0.15) is 13.8 Å². The van der Waals surface area contributed by atoms with Crippen LogP contribution in [0.3, 0.4) is 0 Å². The number of carboxylic acid groups (broad SMARTS) is 1. The monoisotopic (exact) mass is 347 g/mol. The van der Waals surface area contributed by atoms with Gasteiger partial charge in [-0.3, -0.25) is 4.79 Å². The van der Waals surface area contributed by atoms with Gasteiger partial charge in [-0.05, 0) is 24.1 Å². The zero-order valence-corrected chi connectivity index (χ0v) is 12.6. The van der Waals surface area contributed by atoms with E-state index < -0.39 is 30.3 Å². The fraction of sp³-hybridized carbons (Fsp3) is 0.385. The maximum Gasteiger partial charge on any atom is 0.326 e. The second kappa shape index (κ2) is 7.23. The molecule has 1 aromatic carbocycles. The molecule has 7 heteroatoms. The first kappa shape index (κ1) is 16.4. The minimum absolute atomic E-state index is 0.0697. The number of carboxylic acids is 1. The van der Waals surface area contributed by atoms with Crippen LogP contribution in [0.25, 0.3) is 0 Å². The average Bonchev–Trinajstić information content (AvgIpc) is 2.34. The van der Waals surface area contributed by atoms with Crippen molar-refractivity contribution in [2.75, 3.05) is 6.61 Å². The highest BCUT2D eigenvalue weighted by atomic mass is 79.9. The first-order chi connectivity index (χ1) is 9.31. The first-order valence-electron chi connectivity index (χ1n) is 5.91. The van der Waals surface area contributed by atoms with Gasteiger partial charge < -0.3 is 15.2 Å². The Morgan fingerprint density at radius 3 is 2.60 bits per heavy atom. The molecule has 2 N–H and O–H groups in total. The number of ether oxygens (including phenoxy) is 1. The summed E-state index contributed by atoms with van der Waals surface area (Å²) in [4.78, 5) is 22.5. The predicted octanol–water partition coefficient (Wildman–Crippen LogP) is 2.19. The van der Waals surface area contributed by atoms with Gasteiger partial charge in [-0.1, -0.05) is 29.8 Å². The van der Waals surface area contributed by atoms with E-state index in [1.165, 1.54) is 12.1 Å². The summed E-state index contributed by atoms with van der Waals surface area (Å²) in [6, 6.07) is 3.16. The van der Waals surface area contributed by atoms with E-state index in [-0.39, 0.29) is 11.7 Å². The Kier molecular flexibility index (Phi) is 5.94. The standard InChI is InChI=1S/C13H15BrFNO4/c1-7(2)12(13(18)19)16-11(17)6-20-10-4-3-8(14)5-9(10)15/h3-5,7,12H,6H2,1-2H3,(H,16,17)(H,18,19)/t12-/m0/s1. The molecule has 0 aromatic heterocycles. The minimum atomic E-state index is -1.12. The van der Waals surface area contributed by atoms with Gasteiger partial charge in [0.2, 0.25) is 0 Å². The molecule has 0 saturated carbocycles. The second-order valence-electron chi connectivity index (χ2n) is 4.49. The highest BCUT2D eigenvalue weighted by molar-refractivity contribution is 9.10. The van der Waals surface area contributed by atoms with E-state index in [9.17, 15) is 14.0 Å². The van der Waals surface area contributed by atoms with Crippen LogP contribution in [-0.4, -0.2) is 29.6 Å². The molecular weight excluding hydrogens is 333 g/mol. The number of nitrogens with one attached hydrogen (secondary N) is 1. The first-order valence-corrected chi connectivity index (χ1v) is 6.70. The summed E-state index contributed by atoms with van der Waals surface area (Å²) < 4.78 is 19.0. The maximum absolute atomic E-state index is 13.4. The summed E-state index contributed by atoms with van der Waals surface area (Å²) in [6.45, 7) is 2.90. The molecule has 5 nitrogen and oxygen atoms in total. The minimum Gasteiger partial charge on any atom is -0.481 e. The fourth-order valence-corrected chi connectivity index (χ4v) is 1.80. The van der Waals surface area contributed by atoms with Crippen molar-refractivity contribution in [3.63, 3.8) is 0 Å². The lowest BCUT2D eigenvalue weighted by atomic mass is 10.1. The number of halogens is 2. The van der Waals surface area contributed by atoms with E-state index in [1.54, 1.807) is 19.9 Å². The molecule has 0 saturated heterocycles. The lowest BCUT2D eigenvalue weighted by Crippen LogP contribution is -2.46. The Hall–Kier alpha value is -1.63. The van der Waals surface area contributed by atoms with Crippen LogP contribution in [-0.2, 0) is 9.59 Å². The zero-order valence-electron chi connectivity index (χ0n) is 11.0. The summed E-state index contributed by atoms with van der Waals surface area (Å²) in [5.41, 5.74) is 0. The Morgan fingerprint density at radius 2 is 2.10 bits per heavy atom. The molecule has 0 fully saturated rings. The predicted molar refractivity (Wildman–Crippen MR) is 74.0 cm³/mol. The third kappa shape index (κ3) is 4.80. The molecule has 1 amide bonds.